The van der Waals surface area contributed by atoms with Gasteiger partial charge >= 0.3 is 5.97 Å². The molecule has 4 rings (SSSR count). The molecule has 1 saturated carbocycles. The highest BCUT2D eigenvalue weighted by atomic mass is 19.2. The van der Waals surface area contributed by atoms with E-state index in [0.717, 1.165) is 51.0 Å². The SMILES string of the molecule is C=CCCCOc1ccc(C(=O)Oc2ccc(-c3ccc(C4CCC(C(O)CCC)CC4)c(F)c3F)cc2)cc1F. The van der Waals surface area contributed by atoms with Gasteiger partial charge in [0, 0.05) is 5.56 Å². The van der Waals surface area contributed by atoms with Crippen molar-refractivity contribution in [2.75, 3.05) is 6.61 Å². The molecule has 4 nitrogen and oxygen atoms in total. The first-order chi connectivity index (χ1) is 19.8. The monoisotopic (exact) mass is 566 g/mol. The van der Waals surface area contributed by atoms with Crippen LogP contribution in [0.1, 0.15) is 80.1 Å². The Morgan fingerprint density at radius 2 is 1.76 bits per heavy atom. The Kier molecular flexibility index (Phi) is 10.6. The van der Waals surface area contributed by atoms with E-state index < -0.39 is 23.4 Å². The van der Waals surface area contributed by atoms with E-state index in [4.69, 9.17) is 9.47 Å². The van der Waals surface area contributed by atoms with E-state index >= 15 is 8.78 Å². The highest BCUT2D eigenvalue weighted by molar-refractivity contribution is 5.91. The summed E-state index contributed by atoms with van der Waals surface area (Å²) >= 11 is 0. The number of halogens is 3. The number of esters is 1. The molecule has 0 spiro atoms. The van der Waals surface area contributed by atoms with Crippen LogP contribution in [0, 0.1) is 23.4 Å². The molecule has 0 aromatic heterocycles. The van der Waals surface area contributed by atoms with Crippen molar-refractivity contribution in [3.05, 3.63) is 95.8 Å². The quantitative estimate of drug-likeness (QED) is 0.103. The van der Waals surface area contributed by atoms with E-state index in [-0.39, 0.29) is 40.6 Å². The minimum Gasteiger partial charge on any atom is -0.491 e. The maximum Gasteiger partial charge on any atom is 0.343 e. The smallest absolute Gasteiger partial charge is 0.343 e. The predicted octanol–water partition coefficient (Wildman–Crippen LogP) is 8.77. The number of aliphatic hydroxyl groups is 1. The van der Waals surface area contributed by atoms with Gasteiger partial charge in [-0.05, 0) is 98.2 Å². The molecule has 1 N–H and O–H groups in total. The van der Waals surface area contributed by atoms with Gasteiger partial charge in [0.15, 0.2) is 23.2 Å². The van der Waals surface area contributed by atoms with Gasteiger partial charge in [-0.2, -0.15) is 0 Å². The molecular weight excluding hydrogens is 529 g/mol. The molecule has 1 aliphatic carbocycles. The van der Waals surface area contributed by atoms with Gasteiger partial charge in [0.2, 0.25) is 0 Å². The minimum absolute atomic E-state index is 0.0163. The average Bonchev–Trinajstić information content (AvgIpc) is 2.98. The van der Waals surface area contributed by atoms with Gasteiger partial charge in [-0.15, -0.1) is 6.58 Å². The third-order valence-corrected chi connectivity index (χ3v) is 7.81. The molecule has 218 valence electrons. The van der Waals surface area contributed by atoms with Gasteiger partial charge in [0.05, 0.1) is 18.3 Å². The Morgan fingerprint density at radius 1 is 1.02 bits per heavy atom. The van der Waals surface area contributed by atoms with E-state index in [1.54, 1.807) is 30.3 Å². The molecule has 1 aliphatic rings. The second-order valence-corrected chi connectivity index (χ2v) is 10.6. The van der Waals surface area contributed by atoms with Crippen molar-refractivity contribution in [1.82, 2.24) is 0 Å². The van der Waals surface area contributed by atoms with E-state index in [9.17, 15) is 14.3 Å². The molecule has 1 fully saturated rings. The number of ether oxygens (including phenoxy) is 2. The molecule has 0 amide bonds. The van der Waals surface area contributed by atoms with Gasteiger partial charge in [-0.3, -0.25) is 0 Å². The largest absolute Gasteiger partial charge is 0.491 e. The zero-order valence-corrected chi connectivity index (χ0v) is 23.4. The van der Waals surface area contributed by atoms with Crippen molar-refractivity contribution in [3.8, 4) is 22.6 Å². The van der Waals surface area contributed by atoms with E-state index in [0.29, 0.717) is 24.2 Å². The number of carbonyl (C=O) groups excluding carboxylic acids is 1. The van der Waals surface area contributed by atoms with Gasteiger partial charge < -0.3 is 14.6 Å². The molecule has 41 heavy (non-hydrogen) atoms. The lowest BCUT2D eigenvalue weighted by Gasteiger charge is -2.32. The fourth-order valence-electron chi connectivity index (χ4n) is 5.47. The van der Waals surface area contributed by atoms with Crippen LogP contribution in [0.25, 0.3) is 11.1 Å². The number of hydrogen-bond donors (Lipinski definition) is 1. The number of allylic oxidation sites excluding steroid dienone is 1. The molecule has 0 heterocycles. The number of hydrogen-bond acceptors (Lipinski definition) is 4. The van der Waals surface area contributed by atoms with Crippen LogP contribution in [0.3, 0.4) is 0 Å². The Labute approximate surface area is 239 Å². The first-order valence-electron chi connectivity index (χ1n) is 14.3. The molecule has 1 unspecified atom stereocenters. The van der Waals surface area contributed by atoms with Crippen LogP contribution in [0.2, 0.25) is 0 Å². The number of carbonyl (C=O) groups is 1. The average molecular weight is 567 g/mol. The zero-order chi connectivity index (χ0) is 29.4. The lowest BCUT2D eigenvalue weighted by molar-refractivity contribution is 0.0725. The molecule has 3 aromatic rings. The van der Waals surface area contributed by atoms with E-state index in [1.807, 2.05) is 6.92 Å². The third kappa shape index (κ3) is 7.59. The fraction of sp³-hybridized carbons (Fsp3) is 0.382. The molecule has 1 atom stereocenters. The Balaban J connectivity index is 1.38. The standard InChI is InChI=1S/C34H37F3O4/c1-3-5-6-20-40-31-19-14-25(21-29(31)35)34(39)41-26-15-12-23(13-16-26)28-18-17-27(32(36)33(28)37)22-8-10-24(11-9-22)30(38)7-4-2/h3,12-19,21-22,24,30,38H,1,4-11,20H2,2H3. The van der Waals surface area contributed by atoms with E-state index in [1.165, 1.54) is 24.3 Å². The van der Waals surface area contributed by atoms with Crippen LogP contribution < -0.4 is 9.47 Å². The highest BCUT2D eigenvalue weighted by Crippen LogP contribution is 2.40. The summed E-state index contributed by atoms with van der Waals surface area (Å²) in [5, 5.41) is 10.3. The Bertz CT molecular complexity index is 1330. The first kappa shape index (κ1) is 30.4. The van der Waals surface area contributed by atoms with Crippen molar-refractivity contribution in [2.45, 2.75) is 70.3 Å². The predicted molar refractivity (Wildman–Crippen MR) is 154 cm³/mol. The van der Waals surface area contributed by atoms with Gasteiger partial charge in [0.25, 0.3) is 0 Å². The number of unbranched alkanes of at least 4 members (excludes halogenated alkanes) is 1. The van der Waals surface area contributed by atoms with E-state index in [2.05, 4.69) is 6.58 Å². The number of rotatable bonds is 12. The van der Waals surface area contributed by atoms with Gasteiger partial charge in [-0.1, -0.05) is 43.7 Å². The first-order valence-corrected chi connectivity index (χ1v) is 14.3. The molecule has 0 saturated heterocycles. The Hall–Kier alpha value is -3.58. The molecule has 3 aromatic carbocycles. The summed E-state index contributed by atoms with van der Waals surface area (Å²) in [5.74, 6) is -2.81. The lowest BCUT2D eigenvalue weighted by Crippen LogP contribution is -2.25. The lowest BCUT2D eigenvalue weighted by atomic mass is 9.75. The summed E-state index contributed by atoms with van der Waals surface area (Å²) < 4.78 is 55.5. The van der Waals surface area contributed by atoms with Crippen LogP contribution in [0.15, 0.2) is 67.3 Å². The van der Waals surface area contributed by atoms with Crippen molar-refractivity contribution in [3.63, 3.8) is 0 Å². The summed E-state index contributed by atoms with van der Waals surface area (Å²) in [7, 11) is 0. The molecule has 7 heteroatoms. The van der Waals surface area contributed by atoms with Crippen molar-refractivity contribution >= 4 is 5.97 Å². The summed E-state index contributed by atoms with van der Waals surface area (Å²) in [6.45, 7) is 6.00. The van der Waals surface area contributed by atoms with Crippen LogP contribution in [0.5, 0.6) is 11.5 Å². The highest BCUT2D eigenvalue weighted by Gasteiger charge is 2.29. The topological polar surface area (TPSA) is 55.8 Å². The van der Waals surface area contributed by atoms with Crippen molar-refractivity contribution < 1.29 is 32.5 Å². The zero-order valence-electron chi connectivity index (χ0n) is 23.4. The minimum atomic E-state index is -0.914. The van der Waals surface area contributed by atoms with Crippen molar-refractivity contribution in [1.29, 1.82) is 0 Å². The molecule has 0 bridgehead atoms. The summed E-state index contributed by atoms with van der Waals surface area (Å²) in [6, 6.07) is 13.1. The molecular formula is C34H37F3O4. The normalized spacial score (nSPS) is 17.6. The second-order valence-electron chi connectivity index (χ2n) is 10.6. The second kappa shape index (κ2) is 14.4. The Morgan fingerprint density at radius 3 is 2.41 bits per heavy atom. The number of aliphatic hydroxyl groups excluding tert-OH is 1. The number of benzene rings is 3. The van der Waals surface area contributed by atoms with Gasteiger partial charge in [0.1, 0.15) is 5.75 Å². The summed E-state index contributed by atoms with van der Waals surface area (Å²) in [4.78, 5) is 12.5. The van der Waals surface area contributed by atoms with Crippen molar-refractivity contribution in [2.24, 2.45) is 5.92 Å². The van der Waals surface area contributed by atoms with Crippen LogP contribution >= 0.6 is 0 Å². The summed E-state index contributed by atoms with van der Waals surface area (Å²) in [6.07, 6.45) is 7.61. The maximum absolute atomic E-state index is 15.2. The van der Waals surface area contributed by atoms with Crippen LogP contribution in [-0.2, 0) is 0 Å². The van der Waals surface area contributed by atoms with Crippen LogP contribution in [0.4, 0.5) is 13.2 Å². The summed E-state index contributed by atoms with van der Waals surface area (Å²) in [5.41, 5.74) is 0.938. The van der Waals surface area contributed by atoms with Gasteiger partial charge in [-0.25, -0.2) is 18.0 Å². The maximum atomic E-state index is 15.2. The molecule has 0 aliphatic heterocycles. The third-order valence-electron chi connectivity index (χ3n) is 7.81. The fourth-order valence-corrected chi connectivity index (χ4v) is 5.47. The van der Waals surface area contributed by atoms with Crippen LogP contribution in [-0.4, -0.2) is 23.8 Å². The molecule has 0 radical (unpaired) electrons.